The maximum Gasteiger partial charge on any atom is 0.0702 e. The first-order valence-electron chi connectivity index (χ1n) is 5.89. The van der Waals surface area contributed by atoms with Crippen molar-refractivity contribution >= 4 is 10.9 Å². The van der Waals surface area contributed by atoms with Gasteiger partial charge in [-0.1, -0.05) is 43.7 Å². The van der Waals surface area contributed by atoms with Crippen LogP contribution in [0, 0.1) is 0 Å². The zero-order valence-electron chi connectivity index (χ0n) is 9.69. The van der Waals surface area contributed by atoms with Gasteiger partial charge in [-0.15, -0.1) is 0 Å². The third-order valence-electron chi connectivity index (χ3n) is 2.62. The maximum atomic E-state index is 4.45. The van der Waals surface area contributed by atoms with Gasteiger partial charge in [0.25, 0.3) is 0 Å². The van der Waals surface area contributed by atoms with Gasteiger partial charge in [-0.2, -0.15) is 0 Å². The molecule has 0 aliphatic carbocycles. The first-order valence-corrected chi connectivity index (χ1v) is 5.89. The minimum atomic E-state index is 0.984. The van der Waals surface area contributed by atoms with Crippen LogP contribution in [0.2, 0.25) is 0 Å². The summed E-state index contributed by atoms with van der Waals surface area (Å²) in [4.78, 5) is 4.45. The van der Waals surface area contributed by atoms with Gasteiger partial charge in [-0.3, -0.25) is 4.98 Å². The number of aromatic nitrogens is 1. The highest BCUT2D eigenvalue weighted by atomic mass is 14.6. The van der Waals surface area contributed by atoms with Crippen molar-refractivity contribution in [1.29, 1.82) is 0 Å². The van der Waals surface area contributed by atoms with Gasteiger partial charge in [0.15, 0.2) is 0 Å². The van der Waals surface area contributed by atoms with Crippen LogP contribution in [0.25, 0.3) is 10.9 Å². The average molecular weight is 211 g/mol. The highest BCUT2D eigenvalue weighted by Gasteiger charge is 1.95. The fourth-order valence-electron chi connectivity index (χ4n) is 1.73. The molecule has 1 aromatic heterocycles. The monoisotopic (exact) mass is 211 g/mol. The van der Waals surface area contributed by atoms with Crippen LogP contribution < -0.4 is 0 Å². The number of hydrogen-bond donors (Lipinski definition) is 0. The van der Waals surface area contributed by atoms with Crippen LogP contribution in [-0.2, 0) is 6.42 Å². The van der Waals surface area contributed by atoms with Gasteiger partial charge in [-0.05, 0) is 30.5 Å². The lowest BCUT2D eigenvalue weighted by molar-refractivity contribution is 0.953. The van der Waals surface area contributed by atoms with Crippen molar-refractivity contribution in [3.05, 3.63) is 54.2 Å². The molecule has 2 rings (SSSR count). The molecule has 0 amide bonds. The Labute approximate surface area is 96.8 Å². The molecule has 1 nitrogen and oxygen atoms in total. The molecule has 0 saturated carbocycles. The second-order valence-corrected chi connectivity index (χ2v) is 4.00. The van der Waals surface area contributed by atoms with Crippen molar-refractivity contribution in [1.82, 2.24) is 4.98 Å². The van der Waals surface area contributed by atoms with Crippen molar-refractivity contribution in [2.75, 3.05) is 0 Å². The van der Waals surface area contributed by atoms with Crippen molar-refractivity contribution in [3.8, 4) is 0 Å². The number of unbranched alkanes of at least 4 members (excludes halogenated alkanes) is 1. The fraction of sp³-hybridized carbons (Fsp3) is 0.267. The van der Waals surface area contributed by atoms with Gasteiger partial charge in [0, 0.05) is 11.6 Å². The Kier molecular flexibility index (Phi) is 3.71. The van der Waals surface area contributed by atoms with Crippen molar-refractivity contribution in [2.45, 2.75) is 26.2 Å². The Morgan fingerprint density at radius 3 is 2.94 bits per heavy atom. The summed E-state index contributed by atoms with van der Waals surface area (Å²) >= 11 is 0. The number of rotatable bonds is 4. The highest BCUT2D eigenvalue weighted by Crippen LogP contribution is 2.13. The van der Waals surface area contributed by atoms with E-state index in [1.165, 1.54) is 23.8 Å². The summed E-state index contributed by atoms with van der Waals surface area (Å²) in [5.41, 5.74) is 2.36. The SMILES string of the molecule is CCC/C=C/Cc1cnc2ccccc2c1. The number of hydrogen-bond acceptors (Lipinski definition) is 1. The summed E-state index contributed by atoms with van der Waals surface area (Å²) in [7, 11) is 0. The molecular weight excluding hydrogens is 194 g/mol. The zero-order chi connectivity index (χ0) is 11.2. The molecule has 0 aliphatic heterocycles. The van der Waals surface area contributed by atoms with E-state index in [0.29, 0.717) is 0 Å². The van der Waals surface area contributed by atoms with Gasteiger partial charge in [0.05, 0.1) is 5.52 Å². The Bertz CT molecular complexity index is 486. The van der Waals surface area contributed by atoms with E-state index in [4.69, 9.17) is 0 Å². The lowest BCUT2D eigenvalue weighted by Gasteiger charge is -1.99. The second-order valence-electron chi connectivity index (χ2n) is 4.00. The van der Waals surface area contributed by atoms with Gasteiger partial charge < -0.3 is 0 Å². The van der Waals surface area contributed by atoms with E-state index < -0.39 is 0 Å². The molecule has 0 spiro atoms. The molecule has 0 aliphatic rings. The van der Waals surface area contributed by atoms with Crippen LogP contribution in [0.1, 0.15) is 25.3 Å². The van der Waals surface area contributed by atoms with E-state index in [1.807, 2.05) is 18.3 Å². The molecule has 0 bridgehead atoms. The molecular formula is C15H17N. The van der Waals surface area contributed by atoms with Gasteiger partial charge in [-0.25, -0.2) is 0 Å². The normalized spacial score (nSPS) is 11.3. The van der Waals surface area contributed by atoms with Crippen molar-refractivity contribution in [2.24, 2.45) is 0 Å². The molecule has 16 heavy (non-hydrogen) atoms. The van der Waals surface area contributed by atoms with E-state index in [1.54, 1.807) is 0 Å². The maximum absolute atomic E-state index is 4.45. The fourth-order valence-corrected chi connectivity index (χ4v) is 1.73. The predicted molar refractivity (Wildman–Crippen MR) is 69.5 cm³/mol. The molecule has 0 fully saturated rings. The quantitative estimate of drug-likeness (QED) is 0.693. The number of para-hydroxylation sites is 1. The smallest absolute Gasteiger partial charge is 0.0702 e. The molecule has 2 aromatic rings. The number of allylic oxidation sites excluding steroid dienone is 2. The summed E-state index contributed by atoms with van der Waals surface area (Å²) in [6, 6.07) is 10.5. The van der Waals surface area contributed by atoms with Gasteiger partial charge in [0.1, 0.15) is 0 Å². The zero-order valence-corrected chi connectivity index (χ0v) is 9.69. The molecule has 0 saturated heterocycles. The first-order chi connectivity index (χ1) is 7.90. The summed E-state index contributed by atoms with van der Waals surface area (Å²) < 4.78 is 0. The third kappa shape index (κ3) is 2.69. The lowest BCUT2D eigenvalue weighted by atomic mass is 10.1. The largest absolute Gasteiger partial charge is 0.256 e. The van der Waals surface area contributed by atoms with E-state index in [-0.39, 0.29) is 0 Å². The summed E-state index contributed by atoms with van der Waals surface area (Å²) in [5.74, 6) is 0. The Balaban J connectivity index is 2.13. The van der Waals surface area contributed by atoms with Crippen LogP contribution in [0.5, 0.6) is 0 Å². The Morgan fingerprint density at radius 1 is 1.19 bits per heavy atom. The van der Waals surface area contributed by atoms with E-state index >= 15 is 0 Å². The molecule has 0 N–H and O–H groups in total. The molecule has 0 atom stereocenters. The number of fused-ring (bicyclic) bond motifs is 1. The van der Waals surface area contributed by atoms with Crippen LogP contribution in [0.15, 0.2) is 48.7 Å². The summed E-state index contributed by atoms with van der Waals surface area (Å²) in [6.07, 6.45) is 9.81. The highest BCUT2D eigenvalue weighted by molar-refractivity contribution is 5.78. The van der Waals surface area contributed by atoms with E-state index in [2.05, 4.69) is 42.3 Å². The molecule has 82 valence electrons. The van der Waals surface area contributed by atoms with Crippen LogP contribution in [-0.4, -0.2) is 4.98 Å². The number of benzene rings is 1. The van der Waals surface area contributed by atoms with Gasteiger partial charge >= 0.3 is 0 Å². The molecule has 0 radical (unpaired) electrons. The Hall–Kier alpha value is -1.63. The standard InChI is InChI=1S/C15H17N/c1-2-3-4-5-8-13-11-14-9-6-7-10-15(14)16-12-13/h4-7,9-12H,2-3,8H2,1H3/b5-4+. The second kappa shape index (κ2) is 5.45. The molecule has 1 heterocycles. The predicted octanol–water partition coefficient (Wildman–Crippen LogP) is 4.13. The van der Waals surface area contributed by atoms with Crippen LogP contribution in [0.3, 0.4) is 0 Å². The van der Waals surface area contributed by atoms with E-state index in [9.17, 15) is 0 Å². The van der Waals surface area contributed by atoms with Crippen molar-refractivity contribution in [3.63, 3.8) is 0 Å². The minimum Gasteiger partial charge on any atom is -0.256 e. The Morgan fingerprint density at radius 2 is 2.06 bits per heavy atom. The number of pyridine rings is 1. The van der Waals surface area contributed by atoms with Crippen LogP contribution in [0.4, 0.5) is 0 Å². The summed E-state index contributed by atoms with van der Waals surface area (Å²) in [5, 5.41) is 1.23. The molecule has 0 unspecified atom stereocenters. The third-order valence-corrected chi connectivity index (χ3v) is 2.62. The molecule has 1 aromatic carbocycles. The molecule has 1 heteroatoms. The average Bonchev–Trinajstić information content (AvgIpc) is 2.34. The summed E-state index contributed by atoms with van der Waals surface area (Å²) in [6.45, 7) is 2.20. The van der Waals surface area contributed by atoms with Crippen LogP contribution >= 0.6 is 0 Å². The topological polar surface area (TPSA) is 12.9 Å². The van der Waals surface area contributed by atoms with Crippen molar-refractivity contribution < 1.29 is 0 Å². The lowest BCUT2D eigenvalue weighted by Crippen LogP contribution is -1.85. The number of nitrogens with zero attached hydrogens (tertiary/aromatic N) is 1. The van der Waals surface area contributed by atoms with E-state index in [0.717, 1.165) is 11.9 Å². The van der Waals surface area contributed by atoms with Gasteiger partial charge in [0.2, 0.25) is 0 Å². The first kappa shape index (κ1) is 10.9. The minimum absolute atomic E-state index is 0.984.